The fraction of sp³-hybridized carbons (Fsp3) is 0.607. The molecule has 0 amide bonds. The number of rotatable bonds is 18. The molecule has 0 spiro atoms. The molecule has 1 fully saturated rings. The summed E-state index contributed by atoms with van der Waals surface area (Å²) in [4.78, 5) is 64.0. The second-order valence-electron chi connectivity index (χ2n) is 10.3. The maximum Gasteiger partial charge on any atom is 0.317 e. The summed E-state index contributed by atoms with van der Waals surface area (Å²) in [7, 11) is 0. The summed E-state index contributed by atoms with van der Waals surface area (Å²) >= 11 is 2.22. The predicted octanol–water partition coefficient (Wildman–Crippen LogP) is 0.565. The lowest BCUT2D eigenvalue weighted by atomic mass is 10.2. The molecule has 0 saturated carbocycles. The van der Waals surface area contributed by atoms with Gasteiger partial charge in [-0.25, -0.2) is 0 Å². The van der Waals surface area contributed by atoms with Crippen LogP contribution >= 0.6 is 23.5 Å². The van der Waals surface area contributed by atoms with Gasteiger partial charge in [-0.1, -0.05) is 18.2 Å². The number of carboxylic acids is 5. The normalized spacial score (nSPS) is 16.5. The molecule has 45 heavy (non-hydrogen) atoms. The Morgan fingerprint density at radius 2 is 1.02 bits per heavy atom. The van der Waals surface area contributed by atoms with Crippen LogP contribution in [0.1, 0.15) is 16.6 Å². The lowest BCUT2D eigenvalue weighted by Gasteiger charge is -2.33. The van der Waals surface area contributed by atoms with Gasteiger partial charge in [0.1, 0.15) is 5.75 Å². The van der Waals surface area contributed by atoms with E-state index >= 15 is 0 Å². The van der Waals surface area contributed by atoms with Gasteiger partial charge in [-0.3, -0.25) is 38.7 Å². The molecule has 0 atom stereocenters. The minimum absolute atomic E-state index is 0.194. The lowest BCUT2D eigenvalue weighted by molar-refractivity contribution is -0.140. The summed E-state index contributed by atoms with van der Waals surface area (Å²) in [5.41, 5.74) is 0.687. The van der Waals surface area contributed by atoms with Crippen LogP contribution in [0.3, 0.4) is 0 Å². The van der Waals surface area contributed by atoms with Crippen LogP contribution < -0.4 is 4.74 Å². The van der Waals surface area contributed by atoms with Gasteiger partial charge in [0, 0.05) is 64.5 Å². The molecular weight excluding hydrogens is 632 g/mol. The van der Waals surface area contributed by atoms with E-state index in [2.05, 4.69) is 4.90 Å². The number of hydrogen-bond acceptors (Lipinski definition) is 12. The van der Waals surface area contributed by atoms with Crippen LogP contribution in [0.5, 0.6) is 5.75 Å². The highest BCUT2D eigenvalue weighted by Crippen LogP contribution is 2.43. The first-order chi connectivity index (χ1) is 21.4. The Hall–Kier alpha value is -3.09. The largest absolute Gasteiger partial charge is 0.493 e. The molecule has 5 N–H and O–H groups in total. The Morgan fingerprint density at radius 3 is 1.42 bits per heavy atom. The van der Waals surface area contributed by atoms with E-state index in [1.807, 2.05) is 0 Å². The molecule has 252 valence electrons. The molecular formula is C28H42N4O11S2. The second kappa shape index (κ2) is 20.8. The Bertz CT molecular complexity index is 1080. The monoisotopic (exact) mass is 674 g/mol. The van der Waals surface area contributed by atoms with Crippen molar-refractivity contribution < 1.29 is 54.2 Å². The molecule has 1 saturated heterocycles. The van der Waals surface area contributed by atoms with Gasteiger partial charge in [0.15, 0.2) is 0 Å². The van der Waals surface area contributed by atoms with Crippen molar-refractivity contribution in [2.24, 2.45) is 0 Å². The molecule has 0 aliphatic carbocycles. The predicted molar refractivity (Wildman–Crippen MR) is 168 cm³/mol. The van der Waals surface area contributed by atoms with Crippen molar-refractivity contribution in [3.8, 4) is 5.75 Å². The molecule has 15 nitrogen and oxygen atoms in total. The molecule has 0 radical (unpaired) electrons. The standard InChI is InChI=1S/C28H42N4O11S2/c33-23(34)16-30-9-7-29(8-10-31(17-24(35)36)12-14-32(13-11-30)18-25(37)38)6-3-15-43-22-5-2-1-4-21(22)28(44-19-26(39)40)45-20-27(41)42/h1-2,4-5,28H,3,6-20H2,(H,33,34)(H,35,36)(H,37,38)(H,39,40)(H,41,42). The Labute approximate surface area is 270 Å². The number of benzene rings is 1. The van der Waals surface area contributed by atoms with E-state index in [0.717, 1.165) is 23.5 Å². The maximum atomic E-state index is 11.5. The maximum absolute atomic E-state index is 11.5. The Morgan fingerprint density at radius 1 is 0.622 bits per heavy atom. The van der Waals surface area contributed by atoms with Crippen LogP contribution in [0.15, 0.2) is 24.3 Å². The highest BCUT2D eigenvalue weighted by atomic mass is 32.2. The van der Waals surface area contributed by atoms with Crippen molar-refractivity contribution in [1.82, 2.24) is 19.6 Å². The van der Waals surface area contributed by atoms with Crippen molar-refractivity contribution in [3.05, 3.63) is 29.8 Å². The van der Waals surface area contributed by atoms with Gasteiger partial charge in [0.05, 0.1) is 42.3 Å². The van der Waals surface area contributed by atoms with Crippen LogP contribution in [0, 0.1) is 0 Å². The first-order valence-corrected chi connectivity index (χ1v) is 16.5. The summed E-state index contributed by atoms with van der Waals surface area (Å²) in [6, 6.07) is 7.09. The second-order valence-corrected chi connectivity index (χ2v) is 12.8. The zero-order chi connectivity index (χ0) is 33.2. The molecule has 0 aromatic heterocycles. The van der Waals surface area contributed by atoms with Crippen LogP contribution in [0.4, 0.5) is 0 Å². The topological polar surface area (TPSA) is 209 Å². The number of para-hydroxylation sites is 1. The summed E-state index contributed by atoms with van der Waals surface area (Å²) in [5.74, 6) is -4.87. The van der Waals surface area contributed by atoms with Gasteiger partial charge in [-0.15, -0.1) is 23.5 Å². The average Bonchev–Trinajstić information content (AvgIpc) is 2.95. The molecule has 1 aliphatic heterocycles. The summed E-state index contributed by atoms with van der Waals surface area (Å²) in [6.45, 7) is 3.42. The summed E-state index contributed by atoms with van der Waals surface area (Å²) < 4.78 is 5.61. The van der Waals surface area contributed by atoms with E-state index in [4.69, 9.17) is 14.9 Å². The average molecular weight is 675 g/mol. The zero-order valence-corrected chi connectivity index (χ0v) is 26.6. The van der Waals surface area contributed by atoms with E-state index < -0.39 is 34.4 Å². The van der Waals surface area contributed by atoms with E-state index in [-0.39, 0.29) is 31.1 Å². The fourth-order valence-corrected chi connectivity index (χ4v) is 6.78. The lowest BCUT2D eigenvalue weighted by Crippen LogP contribution is -2.48. The molecule has 1 aromatic carbocycles. The van der Waals surface area contributed by atoms with Crippen LogP contribution in [-0.4, -0.2) is 172 Å². The number of thioether (sulfide) groups is 2. The number of nitrogens with zero attached hydrogens (tertiary/aromatic N) is 4. The molecule has 1 heterocycles. The number of ether oxygens (including phenoxy) is 1. The van der Waals surface area contributed by atoms with Crippen molar-refractivity contribution in [2.45, 2.75) is 11.0 Å². The van der Waals surface area contributed by atoms with Gasteiger partial charge in [-0.05, 0) is 12.5 Å². The first-order valence-electron chi connectivity index (χ1n) is 14.4. The van der Waals surface area contributed by atoms with Gasteiger partial charge >= 0.3 is 29.8 Å². The Kier molecular flexibility index (Phi) is 17.6. The van der Waals surface area contributed by atoms with Crippen LogP contribution in [-0.2, 0) is 24.0 Å². The van der Waals surface area contributed by atoms with Gasteiger partial charge in [-0.2, -0.15) is 0 Å². The first kappa shape index (κ1) is 38.1. The van der Waals surface area contributed by atoms with Crippen molar-refractivity contribution in [1.29, 1.82) is 0 Å². The molecule has 1 aromatic rings. The third-order valence-electron chi connectivity index (χ3n) is 6.77. The van der Waals surface area contributed by atoms with Gasteiger partial charge in [0.25, 0.3) is 0 Å². The third-order valence-corrected chi connectivity index (χ3v) is 9.53. The molecule has 0 unspecified atom stereocenters. The minimum Gasteiger partial charge on any atom is -0.493 e. The number of carbonyl (C=O) groups is 5. The highest BCUT2D eigenvalue weighted by molar-refractivity contribution is 8.16. The SMILES string of the molecule is O=C(O)CSC(SCC(=O)O)c1ccccc1OCCCN1CCN(CC(=O)O)CCN(CC(=O)O)CCN(CC(=O)O)CC1. The van der Waals surface area contributed by atoms with Crippen molar-refractivity contribution in [3.63, 3.8) is 0 Å². The number of aliphatic carboxylic acids is 5. The fourth-order valence-electron chi connectivity index (χ4n) is 4.65. The molecule has 17 heteroatoms. The third kappa shape index (κ3) is 16.7. The quantitative estimate of drug-likeness (QED) is 0.106. The smallest absolute Gasteiger partial charge is 0.317 e. The summed E-state index contributed by atoms with van der Waals surface area (Å²) in [5, 5.41) is 46.4. The Balaban J connectivity index is 2.08. The number of carboxylic acid groups (broad SMARTS) is 5. The number of hydrogen-bond donors (Lipinski definition) is 5. The molecule has 1 aliphatic rings. The van der Waals surface area contributed by atoms with Crippen LogP contribution in [0.25, 0.3) is 0 Å². The van der Waals surface area contributed by atoms with Crippen molar-refractivity contribution in [2.75, 3.05) is 96.6 Å². The van der Waals surface area contributed by atoms with E-state index in [9.17, 15) is 39.3 Å². The summed E-state index contributed by atoms with van der Waals surface area (Å²) in [6.07, 6.45) is 0.577. The zero-order valence-electron chi connectivity index (χ0n) is 25.0. The van der Waals surface area contributed by atoms with Crippen molar-refractivity contribution >= 4 is 53.4 Å². The van der Waals surface area contributed by atoms with Gasteiger partial charge in [0.2, 0.25) is 0 Å². The minimum atomic E-state index is -1.01. The highest BCUT2D eigenvalue weighted by Gasteiger charge is 2.22. The van der Waals surface area contributed by atoms with E-state index in [0.29, 0.717) is 83.2 Å². The molecule has 2 rings (SSSR count). The molecule has 0 bridgehead atoms. The van der Waals surface area contributed by atoms with E-state index in [1.54, 1.807) is 39.0 Å². The van der Waals surface area contributed by atoms with Gasteiger partial charge < -0.3 is 35.2 Å². The van der Waals surface area contributed by atoms with Crippen LogP contribution in [0.2, 0.25) is 0 Å². The van der Waals surface area contributed by atoms with E-state index in [1.165, 1.54) is 0 Å².